The molecule has 2 heterocycles. The highest BCUT2D eigenvalue weighted by atomic mass is 79.9. The van der Waals surface area contributed by atoms with Gasteiger partial charge in [-0.15, -0.1) is 0 Å². The number of carbonyl (C=O) groups is 1. The number of aromatic hydroxyl groups is 1. The van der Waals surface area contributed by atoms with Gasteiger partial charge in [-0.25, -0.2) is 9.79 Å². The Morgan fingerprint density at radius 3 is 2.54 bits per heavy atom. The van der Waals surface area contributed by atoms with Crippen molar-refractivity contribution in [2.24, 2.45) is 4.99 Å². The van der Waals surface area contributed by atoms with Crippen molar-refractivity contribution < 1.29 is 19.4 Å². The molecule has 1 N–H and O–H groups in total. The molecule has 1 aromatic heterocycles. The monoisotopic (exact) mass is 584 g/mol. The number of aromatic nitrogens is 1. The van der Waals surface area contributed by atoms with Crippen LogP contribution in [0.4, 0.5) is 0 Å². The van der Waals surface area contributed by atoms with Crippen molar-refractivity contribution in [3.8, 4) is 11.5 Å². The number of halogens is 1. The summed E-state index contributed by atoms with van der Waals surface area (Å²) in [6.07, 6.45) is 1.73. The smallest absolute Gasteiger partial charge is 0.338 e. The Labute approximate surface area is 227 Å². The number of fused-ring (bicyclic) bond motifs is 1. The van der Waals surface area contributed by atoms with Crippen LogP contribution in [0.5, 0.6) is 11.5 Å². The van der Waals surface area contributed by atoms with Gasteiger partial charge in [0.05, 0.1) is 39.5 Å². The van der Waals surface area contributed by atoms with Crippen LogP contribution in [0.3, 0.4) is 0 Å². The fraction of sp³-hybridized carbons (Fsp3) is 0.321. The zero-order chi connectivity index (χ0) is 26.9. The lowest BCUT2D eigenvalue weighted by Gasteiger charge is -2.25. The third kappa shape index (κ3) is 5.29. The van der Waals surface area contributed by atoms with Crippen molar-refractivity contribution in [1.29, 1.82) is 0 Å². The van der Waals surface area contributed by atoms with E-state index in [9.17, 15) is 14.7 Å². The summed E-state index contributed by atoms with van der Waals surface area (Å²) >= 11 is 4.60. The number of ether oxygens (including phenoxy) is 2. The fourth-order valence-electron chi connectivity index (χ4n) is 4.26. The average Bonchev–Trinajstić information content (AvgIpc) is 3.15. The number of thiazole rings is 1. The summed E-state index contributed by atoms with van der Waals surface area (Å²) in [5, 5.41) is 10.3. The zero-order valence-corrected chi connectivity index (χ0v) is 23.8. The summed E-state index contributed by atoms with van der Waals surface area (Å²) in [7, 11) is 0. The lowest BCUT2D eigenvalue weighted by molar-refractivity contribution is -0.139. The van der Waals surface area contributed by atoms with E-state index >= 15 is 0 Å². The minimum atomic E-state index is -0.663. The van der Waals surface area contributed by atoms with Crippen molar-refractivity contribution in [1.82, 2.24) is 4.57 Å². The van der Waals surface area contributed by atoms with Crippen molar-refractivity contribution in [3.63, 3.8) is 0 Å². The minimum absolute atomic E-state index is 0.00000710. The first-order valence-electron chi connectivity index (χ1n) is 12.1. The number of phenols is 1. The van der Waals surface area contributed by atoms with Crippen LogP contribution in [0.25, 0.3) is 6.08 Å². The maximum atomic E-state index is 13.8. The van der Waals surface area contributed by atoms with Gasteiger partial charge in [-0.2, -0.15) is 0 Å². The number of phenolic OH excluding ortho intramolecular Hbond substituents is 1. The summed E-state index contributed by atoms with van der Waals surface area (Å²) in [6.45, 7) is 10.2. The van der Waals surface area contributed by atoms with Gasteiger partial charge in [0, 0.05) is 0 Å². The number of benzene rings is 2. The van der Waals surface area contributed by atoms with Crippen LogP contribution in [0, 0.1) is 0 Å². The van der Waals surface area contributed by atoms with E-state index in [0.29, 0.717) is 48.9 Å². The topological polar surface area (TPSA) is 90.1 Å². The first-order valence-corrected chi connectivity index (χ1v) is 13.7. The molecule has 37 heavy (non-hydrogen) atoms. The predicted octanol–water partition coefficient (Wildman–Crippen LogP) is 4.79. The van der Waals surface area contributed by atoms with Gasteiger partial charge < -0.3 is 14.6 Å². The van der Waals surface area contributed by atoms with Crippen LogP contribution < -0.4 is 19.6 Å². The van der Waals surface area contributed by atoms with Gasteiger partial charge in [0.15, 0.2) is 16.3 Å². The number of allylic oxidation sites excluding steroid dienone is 1. The Morgan fingerprint density at radius 2 is 1.92 bits per heavy atom. The molecule has 0 saturated heterocycles. The molecule has 194 valence electrons. The van der Waals surface area contributed by atoms with Gasteiger partial charge in [0.1, 0.15) is 0 Å². The van der Waals surface area contributed by atoms with Crippen LogP contribution in [0.2, 0.25) is 0 Å². The highest BCUT2D eigenvalue weighted by molar-refractivity contribution is 9.10. The van der Waals surface area contributed by atoms with Crippen molar-refractivity contribution in [2.45, 2.75) is 46.6 Å². The van der Waals surface area contributed by atoms with Crippen molar-refractivity contribution in [2.75, 3.05) is 13.2 Å². The number of hydrogen-bond acceptors (Lipinski definition) is 7. The molecule has 4 rings (SSSR count). The second kappa shape index (κ2) is 11.1. The van der Waals surface area contributed by atoms with Gasteiger partial charge in [-0.3, -0.25) is 9.36 Å². The van der Waals surface area contributed by atoms with Gasteiger partial charge >= 0.3 is 5.97 Å². The number of rotatable bonds is 7. The first kappa shape index (κ1) is 26.9. The SMILES string of the molecule is CCOC(=O)C1=C(C)N=c2s/c(=C/c3cc(Br)c(O)c(OCC)c3)c(=O)n2C1c1ccc(C(C)C)cc1. The normalized spacial score (nSPS) is 15.5. The minimum Gasteiger partial charge on any atom is -0.503 e. The second-order valence-corrected chi connectivity index (χ2v) is 10.8. The summed E-state index contributed by atoms with van der Waals surface area (Å²) < 4.78 is 13.4. The molecule has 1 aliphatic heterocycles. The Morgan fingerprint density at radius 1 is 1.22 bits per heavy atom. The predicted molar refractivity (Wildman–Crippen MR) is 148 cm³/mol. The number of nitrogens with zero attached hydrogens (tertiary/aromatic N) is 2. The van der Waals surface area contributed by atoms with Crippen LogP contribution in [0.1, 0.15) is 63.3 Å². The van der Waals surface area contributed by atoms with E-state index in [1.165, 1.54) is 11.3 Å². The molecule has 0 amide bonds. The molecule has 0 aliphatic carbocycles. The molecule has 0 radical (unpaired) electrons. The van der Waals surface area contributed by atoms with E-state index in [4.69, 9.17) is 9.47 Å². The molecule has 7 nitrogen and oxygen atoms in total. The molecular weight excluding hydrogens is 556 g/mol. The Kier molecular flexibility index (Phi) is 8.04. The van der Waals surface area contributed by atoms with E-state index in [-0.39, 0.29) is 17.9 Å². The maximum absolute atomic E-state index is 13.8. The maximum Gasteiger partial charge on any atom is 0.338 e. The number of hydrogen-bond donors (Lipinski definition) is 1. The zero-order valence-electron chi connectivity index (χ0n) is 21.4. The quantitative estimate of drug-likeness (QED) is 0.403. The van der Waals surface area contributed by atoms with Gasteiger partial charge in [-0.05, 0) is 77.5 Å². The third-order valence-electron chi connectivity index (χ3n) is 6.08. The lowest BCUT2D eigenvalue weighted by Crippen LogP contribution is -2.39. The van der Waals surface area contributed by atoms with E-state index < -0.39 is 12.0 Å². The molecule has 1 aliphatic rings. The van der Waals surface area contributed by atoms with Crippen molar-refractivity contribution >= 4 is 39.3 Å². The molecule has 0 spiro atoms. The van der Waals surface area contributed by atoms with E-state index in [0.717, 1.165) is 11.1 Å². The summed E-state index contributed by atoms with van der Waals surface area (Å²) in [4.78, 5) is 32.0. The van der Waals surface area contributed by atoms with Crippen LogP contribution in [-0.4, -0.2) is 28.9 Å². The van der Waals surface area contributed by atoms with Gasteiger partial charge in [0.25, 0.3) is 5.56 Å². The molecule has 1 atom stereocenters. The largest absolute Gasteiger partial charge is 0.503 e. The molecule has 0 saturated carbocycles. The second-order valence-electron chi connectivity index (χ2n) is 8.91. The summed E-state index contributed by atoms with van der Waals surface area (Å²) in [6, 6.07) is 10.7. The van der Waals surface area contributed by atoms with Crippen LogP contribution in [0.15, 0.2) is 61.9 Å². The molecule has 1 unspecified atom stereocenters. The summed E-state index contributed by atoms with van der Waals surface area (Å²) in [5.41, 5.74) is 3.26. The highest BCUT2D eigenvalue weighted by Gasteiger charge is 2.33. The first-order chi connectivity index (χ1) is 17.7. The summed E-state index contributed by atoms with van der Waals surface area (Å²) in [5.74, 6) is 0.184. The standard InChI is InChI=1S/C28H29BrN2O5S/c1-6-35-21-13-17(12-20(29)25(21)32)14-22-26(33)31-24(19-10-8-18(9-11-19)15(3)4)23(27(34)36-7-2)16(5)30-28(31)37-22/h8-15,24,32H,6-7H2,1-5H3/b22-14+. The highest BCUT2D eigenvalue weighted by Crippen LogP contribution is 2.36. The Bertz CT molecular complexity index is 1550. The third-order valence-corrected chi connectivity index (χ3v) is 7.67. The van der Waals surface area contributed by atoms with Gasteiger partial charge in [0.2, 0.25) is 0 Å². The number of esters is 1. The average molecular weight is 586 g/mol. The molecule has 2 aromatic carbocycles. The van der Waals surface area contributed by atoms with E-state index in [2.05, 4.69) is 34.8 Å². The molecule has 9 heteroatoms. The van der Waals surface area contributed by atoms with Crippen molar-refractivity contribution in [3.05, 3.63) is 88.5 Å². The number of carbonyl (C=O) groups excluding carboxylic acids is 1. The Hall–Kier alpha value is -3.17. The molecule has 0 fully saturated rings. The van der Waals surface area contributed by atoms with Crippen LogP contribution in [-0.2, 0) is 9.53 Å². The fourth-order valence-corrected chi connectivity index (χ4v) is 5.77. The molecule has 3 aromatic rings. The van der Waals surface area contributed by atoms with Crippen LogP contribution >= 0.6 is 27.3 Å². The molecule has 0 bridgehead atoms. The van der Waals surface area contributed by atoms with E-state index in [1.807, 2.05) is 31.2 Å². The lowest BCUT2D eigenvalue weighted by atomic mass is 9.93. The molecular formula is C28H29BrN2O5S. The Balaban J connectivity index is 1.92. The van der Waals surface area contributed by atoms with E-state index in [1.54, 1.807) is 36.6 Å². The van der Waals surface area contributed by atoms with Gasteiger partial charge in [-0.1, -0.05) is 49.4 Å².